The van der Waals surface area contributed by atoms with E-state index in [1.807, 2.05) is 0 Å². The van der Waals surface area contributed by atoms with Crippen molar-refractivity contribution in [3.8, 4) is 0 Å². The predicted molar refractivity (Wildman–Crippen MR) is 129 cm³/mol. The van der Waals surface area contributed by atoms with Crippen LogP contribution in [0.5, 0.6) is 0 Å². The molecule has 1 N–H and O–H groups in total. The molecule has 0 unspecified atom stereocenters. The maximum Gasteiger partial charge on any atom is 0.338 e. The normalized spacial score (nSPS) is 11.5. The summed E-state index contributed by atoms with van der Waals surface area (Å²) in [6.07, 6.45) is 0. The second-order valence-corrected chi connectivity index (χ2v) is 11.0. The molecule has 0 spiro atoms. The second-order valence-electron chi connectivity index (χ2n) is 7.23. The summed E-state index contributed by atoms with van der Waals surface area (Å²) in [5.74, 6) is -1.46. The van der Waals surface area contributed by atoms with Gasteiger partial charge in [0.15, 0.2) is 0 Å². The Bertz CT molecular complexity index is 1490. The molecule has 0 fully saturated rings. The lowest BCUT2D eigenvalue weighted by atomic mass is 10.1. The largest absolute Gasteiger partial charge is 0.465 e. The predicted octanol–water partition coefficient (Wildman–Crippen LogP) is 5.76. The Morgan fingerprint density at radius 2 is 1.85 bits per heavy atom. The number of nitrogens with one attached hydrogen (secondary N) is 1. The van der Waals surface area contributed by atoms with E-state index in [2.05, 4.69) is 9.71 Å². The molecule has 0 saturated carbocycles. The Morgan fingerprint density at radius 1 is 1.12 bits per heavy atom. The number of sulfonamides is 1. The Balaban J connectivity index is 1.45. The van der Waals surface area contributed by atoms with Crippen LogP contribution in [0.3, 0.4) is 0 Å². The molecule has 4 aromatic rings. The number of halogens is 2. The van der Waals surface area contributed by atoms with Crippen LogP contribution < -0.4 is 4.72 Å². The minimum atomic E-state index is -3.92. The molecule has 3 aromatic carbocycles. The highest BCUT2D eigenvalue weighted by Gasteiger charge is 2.19. The second kappa shape index (κ2) is 9.69. The third kappa shape index (κ3) is 5.21. The topological polar surface area (TPSA) is 85.4 Å². The molecule has 11 heteroatoms. The quantitative estimate of drug-likeness (QED) is 0.246. The summed E-state index contributed by atoms with van der Waals surface area (Å²) in [4.78, 5) is 16.9. The van der Waals surface area contributed by atoms with Crippen molar-refractivity contribution in [2.75, 3.05) is 11.8 Å². The number of anilines is 1. The van der Waals surface area contributed by atoms with E-state index in [9.17, 15) is 22.0 Å². The lowest BCUT2D eigenvalue weighted by Crippen LogP contribution is -2.14. The van der Waals surface area contributed by atoms with Gasteiger partial charge in [0.25, 0.3) is 10.0 Å². The number of hydrogen-bond acceptors (Lipinski definition) is 7. The summed E-state index contributed by atoms with van der Waals surface area (Å²) in [5, 5.41) is 0.648. The number of thiazole rings is 1. The van der Waals surface area contributed by atoms with Crippen molar-refractivity contribution in [3.63, 3.8) is 0 Å². The summed E-state index contributed by atoms with van der Waals surface area (Å²) in [7, 11) is -2.69. The minimum Gasteiger partial charge on any atom is -0.465 e. The van der Waals surface area contributed by atoms with E-state index < -0.39 is 27.6 Å². The fourth-order valence-corrected chi connectivity index (χ4v) is 6.07. The number of rotatable bonds is 7. The molecule has 0 amide bonds. The highest BCUT2D eigenvalue weighted by Crippen LogP contribution is 2.31. The third-order valence-electron chi connectivity index (χ3n) is 4.85. The summed E-state index contributed by atoms with van der Waals surface area (Å²) < 4.78 is 60.3. The molecule has 0 aliphatic heterocycles. The highest BCUT2D eigenvalue weighted by molar-refractivity contribution is 7.98. The van der Waals surface area contributed by atoms with Gasteiger partial charge in [-0.1, -0.05) is 6.07 Å². The molecular weight excluding hydrogens is 502 g/mol. The zero-order valence-corrected chi connectivity index (χ0v) is 20.4. The van der Waals surface area contributed by atoms with Crippen LogP contribution in [0.1, 0.15) is 20.9 Å². The standard InChI is InChI=1S/C23H18F2N2O4S3/c1-13-3-8-17(11-18(13)23(28)31-2)34(29,30)27-15-4-6-16(7-5-15)32-12-21-26-20-10-14(24)9-19(25)22(20)33-21/h3-11,27H,12H2,1-2H3. The molecule has 0 atom stereocenters. The lowest BCUT2D eigenvalue weighted by Gasteiger charge is -2.11. The van der Waals surface area contributed by atoms with Gasteiger partial charge in [-0.3, -0.25) is 4.72 Å². The van der Waals surface area contributed by atoms with Gasteiger partial charge in [0.2, 0.25) is 0 Å². The molecule has 1 aromatic heterocycles. The van der Waals surface area contributed by atoms with Gasteiger partial charge in [-0.25, -0.2) is 27.0 Å². The molecule has 34 heavy (non-hydrogen) atoms. The highest BCUT2D eigenvalue weighted by atomic mass is 32.2. The van der Waals surface area contributed by atoms with Crippen LogP contribution in [0.4, 0.5) is 14.5 Å². The number of fused-ring (bicyclic) bond motifs is 1. The molecular formula is C23H18F2N2O4S3. The summed E-state index contributed by atoms with van der Waals surface area (Å²) in [5.41, 5.74) is 1.42. The number of aromatic nitrogens is 1. The van der Waals surface area contributed by atoms with Gasteiger partial charge >= 0.3 is 5.97 Å². The number of nitrogens with zero attached hydrogens (tertiary/aromatic N) is 1. The Labute approximate surface area is 203 Å². The van der Waals surface area contributed by atoms with Gasteiger partial charge in [0.05, 0.1) is 33.5 Å². The molecule has 1 heterocycles. The van der Waals surface area contributed by atoms with Crippen LogP contribution in [0, 0.1) is 18.6 Å². The monoisotopic (exact) mass is 520 g/mol. The van der Waals surface area contributed by atoms with Gasteiger partial charge < -0.3 is 4.74 Å². The fraction of sp³-hybridized carbons (Fsp3) is 0.130. The number of methoxy groups -OCH3 is 1. The molecule has 0 saturated heterocycles. The van der Waals surface area contributed by atoms with Gasteiger partial charge in [-0.05, 0) is 48.9 Å². The van der Waals surface area contributed by atoms with Crippen LogP contribution in [0.15, 0.2) is 64.4 Å². The van der Waals surface area contributed by atoms with Gasteiger partial charge in [-0.15, -0.1) is 23.1 Å². The molecule has 0 bridgehead atoms. The summed E-state index contributed by atoms with van der Waals surface area (Å²) in [6.45, 7) is 1.69. The van der Waals surface area contributed by atoms with Crippen molar-refractivity contribution in [3.05, 3.63) is 82.4 Å². The molecule has 6 nitrogen and oxygen atoms in total. The number of esters is 1. The number of hydrogen-bond donors (Lipinski definition) is 1. The van der Waals surface area contributed by atoms with E-state index in [-0.39, 0.29) is 16.0 Å². The molecule has 176 valence electrons. The first-order valence-corrected chi connectivity index (χ1v) is 13.1. The van der Waals surface area contributed by atoms with Crippen molar-refractivity contribution in [2.24, 2.45) is 0 Å². The minimum absolute atomic E-state index is 0.0588. The van der Waals surface area contributed by atoms with E-state index >= 15 is 0 Å². The van der Waals surface area contributed by atoms with Gasteiger partial charge in [0, 0.05) is 22.7 Å². The Hall–Kier alpha value is -3.02. The van der Waals surface area contributed by atoms with Crippen molar-refractivity contribution < 1.29 is 26.7 Å². The smallest absolute Gasteiger partial charge is 0.338 e. The average molecular weight is 521 g/mol. The molecule has 0 radical (unpaired) electrons. The Kier molecular flexibility index (Phi) is 6.87. The molecule has 0 aliphatic rings. The van der Waals surface area contributed by atoms with Crippen LogP contribution in [0.2, 0.25) is 0 Å². The zero-order chi connectivity index (χ0) is 24.5. The van der Waals surface area contributed by atoms with Gasteiger partial charge in [0.1, 0.15) is 16.6 Å². The van der Waals surface area contributed by atoms with Crippen LogP contribution >= 0.6 is 23.1 Å². The SMILES string of the molecule is COC(=O)c1cc(S(=O)(=O)Nc2ccc(SCc3nc4cc(F)cc(F)c4s3)cc2)ccc1C. The molecule has 0 aliphatic carbocycles. The molecule has 4 rings (SSSR count). The third-order valence-corrected chi connectivity index (χ3v) is 8.51. The van der Waals surface area contributed by atoms with Crippen molar-refractivity contribution in [1.29, 1.82) is 0 Å². The van der Waals surface area contributed by atoms with E-state index in [0.29, 0.717) is 26.7 Å². The first-order valence-electron chi connectivity index (χ1n) is 9.85. The van der Waals surface area contributed by atoms with Crippen LogP contribution in [0.25, 0.3) is 10.2 Å². The van der Waals surface area contributed by atoms with Crippen LogP contribution in [-0.2, 0) is 20.5 Å². The number of benzene rings is 3. The van der Waals surface area contributed by atoms with E-state index in [1.54, 1.807) is 37.3 Å². The maximum atomic E-state index is 13.9. The lowest BCUT2D eigenvalue weighted by molar-refractivity contribution is 0.0599. The van der Waals surface area contributed by atoms with E-state index in [1.165, 1.54) is 48.4 Å². The number of thioether (sulfide) groups is 1. The summed E-state index contributed by atoms with van der Waals surface area (Å²) >= 11 is 2.60. The Morgan fingerprint density at radius 3 is 2.56 bits per heavy atom. The van der Waals surface area contributed by atoms with Crippen molar-refractivity contribution in [1.82, 2.24) is 4.98 Å². The van der Waals surface area contributed by atoms with Crippen molar-refractivity contribution >= 4 is 55.0 Å². The zero-order valence-electron chi connectivity index (χ0n) is 18.0. The van der Waals surface area contributed by atoms with E-state index in [4.69, 9.17) is 4.74 Å². The first-order chi connectivity index (χ1) is 16.2. The van der Waals surface area contributed by atoms with Crippen LogP contribution in [-0.4, -0.2) is 26.5 Å². The first kappa shape index (κ1) is 24.1. The van der Waals surface area contributed by atoms with Crippen molar-refractivity contribution in [2.45, 2.75) is 22.5 Å². The van der Waals surface area contributed by atoms with Gasteiger partial charge in [-0.2, -0.15) is 0 Å². The summed E-state index contributed by atoms with van der Waals surface area (Å²) in [6, 6.07) is 13.0. The average Bonchev–Trinajstić information content (AvgIpc) is 3.21. The number of aryl methyl sites for hydroxylation is 1. The number of ether oxygens (including phenoxy) is 1. The number of carbonyl (C=O) groups excluding carboxylic acids is 1. The number of carbonyl (C=O) groups is 1. The van der Waals surface area contributed by atoms with E-state index in [0.717, 1.165) is 11.0 Å². The maximum absolute atomic E-state index is 13.9. The fourth-order valence-electron chi connectivity index (χ4n) is 3.14.